The van der Waals surface area contributed by atoms with E-state index in [-0.39, 0.29) is 18.3 Å². The van der Waals surface area contributed by atoms with Gasteiger partial charge in [-0.3, -0.25) is 9.69 Å². The molecule has 7 heteroatoms. The molecule has 0 aliphatic carbocycles. The number of carbonyl (C=O) groups excluding carboxylic acids is 1. The molecule has 1 amide bonds. The molecule has 0 aliphatic rings. The molecule has 0 radical (unpaired) electrons. The minimum absolute atomic E-state index is 0. The first-order chi connectivity index (χ1) is 16.7. The van der Waals surface area contributed by atoms with Crippen molar-refractivity contribution in [2.45, 2.75) is 26.3 Å². The Morgan fingerprint density at radius 1 is 1.00 bits per heavy atom. The Bertz CT molecular complexity index is 1380. The van der Waals surface area contributed by atoms with E-state index in [0.717, 1.165) is 34.7 Å². The van der Waals surface area contributed by atoms with E-state index in [1.54, 1.807) is 23.9 Å². The maximum absolute atomic E-state index is 13.6. The van der Waals surface area contributed by atoms with Gasteiger partial charge in [-0.15, -0.1) is 12.4 Å². The van der Waals surface area contributed by atoms with Gasteiger partial charge in [-0.2, -0.15) is 0 Å². The van der Waals surface area contributed by atoms with E-state index in [4.69, 9.17) is 4.98 Å². The minimum Gasteiger partial charge on any atom is -0.337 e. The minimum atomic E-state index is -0.0207. The second kappa shape index (κ2) is 11.3. The first kappa shape index (κ1) is 24.6. The van der Waals surface area contributed by atoms with E-state index in [1.807, 2.05) is 64.2 Å². The average Bonchev–Trinajstić information content (AvgIpc) is 3.52. The Morgan fingerprint density at radius 2 is 1.77 bits per heavy atom. The zero-order valence-corrected chi connectivity index (χ0v) is 21.1. The molecule has 5 rings (SSSR count). The number of fused-ring (bicyclic) bond motifs is 1. The lowest BCUT2D eigenvalue weighted by atomic mass is 10.0. The maximum Gasteiger partial charge on any atom is 0.260 e. The fourth-order valence-corrected chi connectivity index (χ4v) is 5.09. The number of thiazole rings is 1. The van der Waals surface area contributed by atoms with Crippen LogP contribution >= 0.6 is 23.7 Å². The van der Waals surface area contributed by atoms with Gasteiger partial charge in [0.1, 0.15) is 0 Å². The highest BCUT2D eigenvalue weighted by Gasteiger charge is 2.21. The van der Waals surface area contributed by atoms with Crippen LogP contribution in [0.3, 0.4) is 0 Å². The summed E-state index contributed by atoms with van der Waals surface area (Å²) >= 11 is 1.57. The van der Waals surface area contributed by atoms with Crippen LogP contribution in [0.1, 0.15) is 33.5 Å². The SMILES string of the molecule is Cc1ccc2nc(N(CCCn3ccnc3)C(=O)c3ccc(Cc4ccccc4)cc3)sc2c1.Cl. The summed E-state index contributed by atoms with van der Waals surface area (Å²) in [5, 5.41) is 0.740. The number of hydrogen-bond donors (Lipinski definition) is 0. The third-order valence-electron chi connectivity index (χ3n) is 5.82. The first-order valence-corrected chi connectivity index (χ1v) is 12.2. The van der Waals surface area contributed by atoms with Gasteiger partial charge in [0, 0.05) is 31.0 Å². The second-order valence-electron chi connectivity index (χ2n) is 8.44. The molecule has 0 spiro atoms. The average molecular weight is 503 g/mol. The smallest absolute Gasteiger partial charge is 0.260 e. The number of aromatic nitrogens is 3. The van der Waals surface area contributed by atoms with Crippen molar-refractivity contribution in [1.29, 1.82) is 0 Å². The number of imidazole rings is 1. The monoisotopic (exact) mass is 502 g/mol. The molecule has 3 aromatic carbocycles. The van der Waals surface area contributed by atoms with Gasteiger partial charge in [0.15, 0.2) is 5.13 Å². The molecule has 0 unspecified atom stereocenters. The summed E-state index contributed by atoms with van der Waals surface area (Å²) in [5.41, 5.74) is 5.23. The van der Waals surface area contributed by atoms with Crippen LogP contribution in [0.4, 0.5) is 5.13 Å². The topological polar surface area (TPSA) is 51.0 Å². The van der Waals surface area contributed by atoms with Crippen molar-refractivity contribution in [3.63, 3.8) is 0 Å². The molecule has 0 fully saturated rings. The van der Waals surface area contributed by atoms with Crippen molar-refractivity contribution in [3.05, 3.63) is 114 Å². The molecule has 178 valence electrons. The Labute approximate surface area is 215 Å². The molecule has 0 bridgehead atoms. The van der Waals surface area contributed by atoms with Crippen molar-refractivity contribution >= 4 is 45.0 Å². The Kier molecular flexibility index (Phi) is 7.95. The van der Waals surface area contributed by atoms with Crippen LogP contribution in [-0.4, -0.2) is 27.0 Å². The van der Waals surface area contributed by atoms with Gasteiger partial charge in [0.05, 0.1) is 16.5 Å². The Balaban J connectivity index is 0.00000289. The number of anilines is 1. The summed E-state index contributed by atoms with van der Waals surface area (Å²) in [4.78, 5) is 24.3. The van der Waals surface area contributed by atoms with Gasteiger partial charge in [0.2, 0.25) is 0 Å². The lowest BCUT2D eigenvalue weighted by molar-refractivity contribution is 0.0986. The van der Waals surface area contributed by atoms with Crippen LogP contribution in [0.15, 0.2) is 91.5 Å². The fraction of sp³-hybridized carbons (Fsp3) is 0.179. The number of nitrogens with zero attached hydrogens (tertiary/aromatic N) is 4. The standard InChI is InChI=1S/C28H26N4OS.ClH/c1-21-8-13-25-26(18-21)34-28(30-25)32(16-5-15-31-17-14-29-20-31)27(33)24-11-9-23(10-12-24)19-22-6-3-2-4-7-22;/h2-4,6-14,17-18,20H,5,15-16,19H2,1H3;1H. The highest BCUT2D eigenvalue weighted by molar-refractivity contribution is 7.22. The predicted molar refractivity (Wildman–Crippen MR) is 146 cm³/mol. The van der Waals surface area contributed by atoms with Crippen molar-refractivity contribution in [1.82, 2.24) is 14.5 Å². The van der Waals surface area contributed by atoms with Crippen LogP contribution in [0.2, 0.25) is 0 Å². The van der Waals surface area contributed by atoms with E-state index < -0.39 is 0 Å². The quantitative estimate of drug-likeness (QED) is 0.242. The third kappa shape index (κ3) is 5.96. The molecule has 35 heavy (non-hydrogen) atoms. The number of rotatable bonds is 8. The van der Waals surface area contributed by atoms with Gasteiger partial charge in [-0.05, 0) is 60.7 Å². The van der Waals surface area contributed by atoms with Crippen molar-refractivity contribution in [3.8, 4) is 0 Å². The molecule has 0 atom stereocenters. The van der Waals surface area contributed by atoms with Gasteiger partial charge in [0.25, 0.3) is 5.91 Å². The molecule has 2 aromatic heterocycles. The first-order valence-electron chi connectivity index (χ1n) is 11.4. The molecule has 2 heterocycles. The van der Waals surface area contributed by atoms with E-state index >= 15 is 0 Å². The van der Waals surface area contributed by atoms with Gasteiger partial charge in [-0.1, -0.05) is 59.9 Å². The molecular formula is C28H27ClN4OS. The van der Waals surface area contributed by atoms with Gasteiger partial charge in [-0.25, -0.2) is 9.97 Å². The van der Waals surface area contributed by atoms with E-state index in [0.29, 0.717) is 12.1 Å². The van der Waals surface area contributed by atoms with E-state index in [2.05, 4.69) is 36.2 Å². The predicted octanol–water partition coefficient (Wildman–Crippen LogP) is 6.55. The highest BCUT2D eigenvalue weighted by atomic mass is 35.5. The van der Waals surface area contributed by atoms with Crippen molar-refractivity contribution in [2.24, 2.45) is 0 Å². The molecular weight excluding hydrogens is 476 g/mol. The molecule has 5 nitrogen and oxygen atoms in total. The number of carbonyl (C=O) groups is 1. The zero-order chi connectivity index (χ0) is 23.3. The number of halogens is 1. The second-order valence-corrected chi connectivity index (χ2v) is 9.45. The number of benzene rings is 3. The van der Waals surface area contributed by atoms with Crippen LogP contribution < -0.4 is 4.90 Å². The van der Waals surface area contributed by atoms with Crippen LogP contribution in [0.5, 0.6) is 0 Å². The number of hydrogen-bond acceptors (Lipinski definition) is 4. The Morgan fingerprint density at radius 3 is 2.51 bits per heavy atom. The van der Waals surface area contributed by atoms with Crippen LogP contribution in [0.25, 0.3) is 10.2 Å². The van der Waals surface area contributed by atoms with Gasteiger partial charge < -0.3 is 4.57 Å². The summed E-state index contributed by atoms with van der Waals surface area (Å²) in [5.74, 6) is -0.0207. The van der Waals surface area contributed by atoms with Gasteiger partial charge >= 0.3 is 0 Å². The molecule has 5 aromatic rings. The zero-order valence-electron chi connectivity index (χ0n) is 19.5. The van der Waals surface area contributed by atoms with Crippen LogP contribution in [-0.2, 0) is 13.0 Å². The summed E-state index contributed by atoms with van der Waals surface area (Å²) in [6.07, 6.45) is 7.18. The van der Waals surface area contributed by atoms with E-state index in [9.17, 15) is 4.79 Å². The molecule has 0 saturated carbocycles. The lowest BCUT2D eigenvalue weighted by Gasteiger charge is -2.20. The highest BCUT2D eigenvalue weighted by Crippen LogP contribution is 2.30. The van der Waals surface area contributed by atoms with Crippen molar-refractivity contribution < 1.29 is 4.79 Å². The number of aryl methyl sites for hydroxylation is 2. The summed E-state index contributed by atoms with van der Waals surface area (Å²) in [6.45, 7) is 3.45. The third-order valence-corrected chi connectivity index (χ3v) is 6.86. The maximum atomic E-state index is 13.6. The normalized spacial score (nSPS) is 10.8. The Hall–Kier alpha value is -3.48. The number of amides is 1. The molecule has 0 aliphatic heterocycles. The largest absolute Gasteiger partial charge is 0.337 e. The summed E-state index contributed by atoms with van der Waals surface area (Å²) < 4.78 is 3.13. The fourth-order valence-electron chi connectivity index (χ4n) is 4.00. The van der Waals surface area contributed by atoms with Crippen LogP contribution in [0, 0.1) is 6.92 Å². The molecule has 0 saturated heterocycles. The van der Waals surface area contributed by atoms with Crippen molar-refractivity contribution in [2.75, 3.05) is 11.4 Å². The lowest BCUT2D eigenvalue weighted by Crippen LogP contribution is -2.32. The van der Waals surface area contributed by atoms with E-state index in [1.165, 1.54) is 16.7 Å². The summed E-state index contributed by atoms with van der Waals surface area (Å²) in [7, 11) is 0. The molecule has 0 N–H and O–H groups in total. The summed E-state index contributed by atoms with van der Waals surface area (Å²) in [6, 6.07) is 24.5.